The van der Waals surface area contributed by atoms with Crippen molar-refractivity contribution in [3.05, 3.63) is 71.9 Å². The highest BCUT2D eigenvalue weighted by molar-refractivity contribution is 6.01. The Balaban J connectivity index is 1.35. The number of likely N-dealkylation sites (N-methyl/N-ethyl adjacent to an activating group) is 1. The Labute approximate surface area is 199 Å². The number of benzene rings is 2. The zero-order chi connectivity index (χ0) is 24.1. The van der Waals surface area contributed by atoms with Crippen molar-refractivity contribution in [1.29, 1.82) is 0 Å². The second-order valence-electron chi connectivity index (χ2n) is 8.82. The lowest BCUT2D eigenvalue weighted by Gasteiger charge is -2.18. The number of carbonyl (C=O) groups excluding carboxylic acids is 2. The van der Waals surface area contributed by atoms with Crippen molar-refractivity contribution < 1.29 is 9.59 Å². The first-order valence-corrected chi connectivity index (χ1v) is 11.4. The normalized spacial score (nSPS) is 15.9. The van der Waals surface area contributed by atoms with Gasteiger partial charge in [-0.1, -0.05) is 24.3 Å². The van der Waals surface area contributed by atoms with Crippen LogP contribution in [-0.4, -0.2) is 71.4 Å². The first kappa shape index (κ1) is 23.4. The van der Waals surface area contributed by atoms with E-state index in [1.54, 1.807) is 12.1 Å². The van der Waals surface area contributed by atoms with Crippen LogP contribution in [0.25, 0.3) is 10.9 Å². The van der Waals surface area contributed by atoms with Gasteiger partial charge in [0, 0.05) is 54.6 Å². The van der Waals surface area contributed by atoms with Crippen molar-refractivity contribution in [2.24, 2.45) is 0 Å². The molecule has 4 rings (SSSR count). The van der Waals surface area contributed by atoms with Crippen LogP contribution in [0.15, 0.2) is 60.8 Å². The Morgan fingerprint density at radius 2 is 2.03 bits per heavy atom. The zero-order valence-corrected chi connectivity index (χ0v) is 19.8. The molecule has 1 fully saturated rings. The van der Waals surface area contributed by atoms with E-state index in [2.05, 4.69) is 20.6 Å². The van der Waals surface area contributed by atoms with E-state index in [9.17, 15) is 9.59 Å². The lowest BCUT2D eigenvalue weighted by molar-refractivity contribution is -0.111. The number of anilines is 2. The third-order valence-corrected chi connectivity index (χ3v) is 5.77. The Bertz CT molecular complexity index is 1220. The Morgan fingerprint density at radius 3 is 2.82 bits per heavy atom. The molecule has 2 heterocycles. The quantitative estimate of drug-likeness (QED) is 0.528. The van der Waals surface area contributed by atoms with Gasteiger partial charge in [-0.25, -0.2) is 9.97 Å². The summed E-state index contributed by atoms with van der Waals surface area (Å²) in [6, 6.07) is 13.3. The van der Waals surface area contributed by atoms with Crippen LogP contribution < -0.4 is 10.6 Å². The molecule has 0 aliphatic carbocycles. The minimum absolute atomic E-state index is 0.0180. The van der Waals surface area contributed by atoms with Crippen LogP contribution in [-0.2, 0) is 4.79 Å². The number of fused-ring (bicyclic) bond motifs is 1. The van der Waals surface area contributed by atoms with E-state index < -0.39 is 0 Å². The summed E-state index contributed by atoms with van der Waals surface area (Å²) in [6.45, 7) is 3.83. The summed E-state index contributed by atoms with van der Waals surface area (Å²) < 4.78 is 0. The monoisotopic (exact) mass is 458 g/mol. The molecule has 8 heteroatoms. The molecule has 34 heavy (non-hydrogen) atoms. The Hall–Kier alpha value is -3.78. The molecule has 2 amide bonds. The van der Waals surface area contributed by atoms with Gasteiger partial charge < -0.3 is 20.4 Å². The van der Waals surface area contributed by atoms with Gasteiger partial charge in [0.25, 0.3) is 5.91 Å². The molecule has 0 saturated carbocycles. The van der Waals surface area contributed by atoms with Gasteiger partial charge in [0.15, 0.2) is 0 Å². The molecule has 1 aliphatic rings. The van der Waals surface area contributed by atoms with E-state index in [0.29, 0.717) is 36.8 Å². The second kappa shape index (κ2) is 10.4. The predicted molar refractivity (Wildman–Crippen MR) is 135 cm³/mol. The lowest BCUT2D eigenvalue weighted by Crippen LogP contribution is -2.32. The van der Waals surface area contributed by atoms with Crippen molar-refractivity contribution in [2.45, 2.75) is 19.4 Å². The van der Waals surface area contributed by atoms with Gasteiger partial charge in [0.05, 0.1) is 5.52 Å². The molecule has 2 N–H and O–H groups in total. The second-order valence-corrected chi connectivity index (χ2v) is 8.82. The van der Waals surface area contributed by atoms with E-state index in [0.717, 1.165) is 22.9 Å². The van der Waals surface area contributed by atoms with Gasteiger partial charge in [-0.3, -0.25) is 9.59 Å². The van der Waals surface area contributed by atoms with Crippen LogP contribution in [0, 0.1) is 6.92 Å². The number of aryl methyl sites for hydroxylation is 1. The maximum Gasteiger partial charge on any atom is 0.253 e. The third-order valence-electron chi connectivity index (χ3n) is 5.77. The van der Waals surface area contributed by atoms with Crippen LogP contribution in [0.4, 0.5) is 11.6 Å². The number of carbonyl (C=O) groups is 2. The van der Waals surface area contributed by atoms with Crippen LogP contribution in [0.3, 0.4) is 0 Å². The number of likely N-dealkylation sites (tertiary alicyclic amines) is 1. The number of para-hydroxylation sites is 1. The fourth-order valence-corrected chi connectivity index (χ4v) is 3.95. The highest BCUT2D eigenvalue weighted by Crippen LogP contribution is 2.21. The van der Waals surface area contributed by atoms with Gasteiger partial charge in [-0.15, -0.1) is 0 Å². The van der Waals surface area contributed by atoms with Crippen molar-refractivity contribution in [3.63, 3.8) is 0 Å². The third kappa shape index (κ3) is 5.77. The fourth-order valence-electron chi connectivity index (χ4n) is 3.95. The highest BCUT2D eigenvalue weighted by atomic mass is 16.2. The van der Waals surface area contributed by atoms with Gasteiger partial charge >= 0.3 is 0 Å². The van der Waals surface area contributed by atoms with E-state index >= 15 is 0 Å². The minimum atomic E-state index is -0.187. The first-order valence-electron chi connectivity index (χ1n) is 11.4. The summed E-state index contributed by atoms with van der Waals surface area (Å²) >= 11 is 0. The van der Waals surface area contributed by atoms with E-state index in [-0.39, 0.29) is 17.9 Å². The van der Waals surface area contributed by atoms with Crippen molar-refractivity contribution in [2.75, 3.05) is 44.4 Å². The van der Waals surface area contributed by atoms with Gasteiger partial charge in [0.1, 0.15) is 0 Å². The molecule has 0 bridgehead atoms. The number of nitrogens with one attached hydrogen (secondary N) is 2. The molecule has 1 saturated heterocycles. The number of amides is 2. The van der Waals surface area contributed by atoms with E-state index in [4.69, 9.17) is 0 Å². The molecular formula is C26H30N6O2. The molecule has 1 aliphatic heterocycles. The molecule has 1 unspecified atom stereocenters. The van der Waals surface area contributed by atoms with Gasteiger partial charge in [0.2, 0.25) is 11.9 Å². The maximum absolute atomic E-state index is 13.1. The molecule has 8 nitrogen and oxygen atoms in total. The van der Waals surface area contributed by atoms with E-state index in [1.165, 1.54) is 6.08 Å². The topological polar surface area (TPSA) is 90.5 Å². The Morgan fingerprint density at radius 1 is 1.21 bits per heavy atom. The summed E-state index contributed by atoms with van der Waals surface area (Å²) in [4.78, 5) is 38.0. The van der Waals surface area contributed by atoms with Gasteiger partial charge in [-0.05, 0) is 57.3 Å². The molecule has 1 aromatic heterocycles. The van der Waals surface area contributed by atoms with Crippen molar-refractivity contribution >= 4 is 34.4 Å². The highest BCUT2D eigenvalue weighted by Gasteiger charge is 2.27. The lowest BCUT2D eigenvalue weighted by atomic mass is 10.1. The van der Waals surface area contributed by atoms with Crippen molar-refractivity contribution in [3.8, 4) is 0 Å². The van der Waals surface area contributed by atoms with Crippen LogP contribution in [0.1, 0.15) is 22.3 Å². The average molecular weight is 459 g/mol. The zero-order valence-electron chi connectivity index (χ0n) is 19.8. The summed E-state index contributed by atoms with van der Waals surface area (Å²) in [5.41, 5.74) is 3.05. The number of nitrogens with zero attached hydrogens (tertiary/aromatic N) is 4. The summed E-state index contributed by atoms with van der Waals surface area (Å²) in [5.74, 6) is 0.373. The average Bonchev–Trinajstić information content (AvgIpc) is 3.28. The SMILES string of the molecule is Cc1cc(C(=O)N2CCC(Nc3ncc4ccccc4n3)C2)ccc1NC(=O)/C=C/CN(C)C. The number of hydrogen-bond donors (Lipinski definition) is 2. The molecule has 2 aromatic carbocycles. The molecule has 0 spiro atoms. The fraction of sp³-hybridized carbons (Fsp3) is 0.308. The van der Waals surface area contributed by atoms with Crippen LogP contribution in [0.5, 0.6) is 0 Å². The summed E-state index contributed by atoms with van der Waals surface area (Å²) in [7, 11) is 3.88. The van der Waals surface area contributed by atoms with Crippen molar-refractivity contribution in [1.82, 2.24) is 19.8 Å². The number of hydrogen-bond acceptors (Lipinski definition) is 6. The summed E-state index contributed by atoms with van der Waals surface area (Å²) in [6.07, 6.45) is 5.97. The molecule has 0 radical (unpaired) electrons. The molecule has 176 valence electrons. The molecule has 3 aromatic rings. The molecule has 1 atom stereocenters. The largest absolute Gasteiger partial charge is 0.350 e. The minimum Gasteiger partial charge on any atom is -0.350 e. The standard InChI is InChI=1S/C26H30N6O2/c1-18-15-19(10-11-22(18)29-24(33)9-6-13-31(2)3)25(34)32-14-12-21(17-32)28-26-27-16-20-7-4-5-8-23(20)30-26/h4-11,15-16,21H,12-14,17H2,1-3H3,(H,29,33)(H,27,28,30)/b9-6+. The van der Waals surface area contributed by atoms with Crippen LogP contribution in [0.2, 0.25) is 0 Å². The maximum atomic E-state index is 13.1. The Kier molecular flexibility index (Phi) is 7.18. The van der Waals surface area contributed by atoms with Gasteiger partial charge in [-0.2, -0.15) is 0 Å². The van der Waals surface area contributed by atoms with Crippen LogP contribution >= 0.6 is 0 Å². The smallest absolute Gasteiger partial charge is 0.253 e. The molecular weight excluding hydrogens is 428 g/mol. The number of rotatable bonds is 7. The predicted octanol–water partition coefficient (Wildman–Crippen LogP) is 3.32. The van der Waals surface area contributed by atoms with E-state index in [1.807, 2.05) is 73.4 Å². The first-order chi connectivity index (χ1) is 16.4. The summed E-state index contributed by atoms with van der Waals surface area (Å²) in [5, 5.41) is 7.23. The number of aromatic nitrogens is 2.